The zero-order chi connectivity index (χ0) is 17.6. The summed E-state index contributed by atoms with van der Waals surface area (Å²) < 4.78 is 14.3. The number of nitrogens with zero attached hydrogens (tertiary/aromatic N) is 2. The lowest BCUT2D eigenvalue weighted by Gasteiger charge is -2.42. The van der Waals surface area contributed by atoms with Crippen molar-refractivity contribution in [1.29, 1.82) is 5.26 Å². The molecule has 0 amide bonds. The minimum absolute atomic E-state index is 0.0619. The molecule has 0 aliphatic carbocycles. The summed E-state index contributed by atoms with van der Waals surface area (Å²) in [5.41, 5.74) is 4.72. The Morgan fingerprint density at radius 1 is 0.800 bits per heavy atom. The number of nitriles is 1. The Balaban J connectivity index is 2.09. The van der Waals surface area contributed by atoms with Gasteiger partial charge in [-0.1, -0.05) is 56.3 Å². The molecule has 0 saturated heterocycles. The van der Waals surface area contributed by atoms with E-state index in [1.807, 2.05) is 47.4 Å². The molecule has 0 unspecified atom stereocenters. The molecule has 0 N–H and O–H groups in total. The molecular weight excluding hydrogens is 311 g/mol. The van der Waals surface area contributed by atoms with Crippen LogP contribution in [0.1, 0.15) is 30.5 Å². The van der Waals surface area contributed by atoms with Crippen molar-refractivity contribution in [3.63, 3.8) is 0 Å². The second-order valence-electron chi connectivity index (χ2n) is 6.74. The molecule has 122 valence electrons. The highest BCUT2D eigenvalue weighted by Gasteiger charge is 2.37. The van der Waals surface area contributed by atoms with Gasteiger partial charge in [0.15, 0.2) is 0 Å². The Labute approximate surface area is 146 Å². The lowest BCUT2D eigenvalue weighted by Crippen LogP contribution is -2.30. The average molecular weight is 328 g/mol. The van der Waals surface area contributed by atoms with E-state index in [0.29, 0.717) is 5.69 Å². The Morgan fingerprint density at radius 2 is 1.32 bits per heavy atom. The minimum Gasteiger partial charge on any atom is -0.308 e. The molecule has 3 heteroatoms. The summed E-state index contributed by atoms with van der Waals surface area (Å²) in [5.74, 6) is -0.500. The van der Waals surface area contributed by atoms with Crippen LogP contribution in [-0.4, -0.2) is 0 Å². The predicted octanol–water partition coefficient (Wildman–Crippen LogP) is 5.81. The first-order valence-corrected chi connectivity index (χ1v) is 8.23. The van der Waals surface area contributed by atoms with Crippen molar-refractivity contribution >= 4 is 17.1 Å². The van der Waals surface area contributed by atoms with E-state index in [4.69, 9.17) is 0 Å². The van der Waals surface area contributed by atoms with E-state index in [1.54, 1.807) is 12.1 Å². The normalized spacial score (nSPS) is 14.4. The maximum Gasteiger partial charge on any atom is 0.143 e. The molecular formula is C22H17FN2. The van der Waals surface area contributed by atoms with E-state index in [9.17, 15) is 9.65 Å². The van der Waals surface area contributed by atoms with Crippen molar-refractivity contribution < 1.29 is 4.39 Å². The van der Waals surface area contributed by atoms with Crippen molar-refractivity contribution in [3.8, 4) is 6.07 Å². The molecule has 1 aliphatic rings. The Kier molecular flexibility index (Phi) is 3.36. The summed E-state index contributed by atoms with van der Waals surface area (Å²) in [7, 11) is 0. The summed E-state index contributed by atoms with van der Waals surface area (Å²) in [6.07, 6.45) is 0. The van der Waals surface area contributed by atoms with Gasteiger partial charge in [0.25, 0.3) is 0 Å². The summed E-state index contributed by atoms with van der Waals surface area (Å²) in [5, 5.41) is 9.51. The molecule has 0 atom stereocenters. The van der Waals surface area contributed by atoms with E-state index in [0.717, 1.165) is 22.5 Å². The van der Waals surface area contributed by atoms with Crippen LogP contribution in [0.2, 0.25) is 0 Å². The molecule has 1 aliphatic heterocycles. The van der Waals surface area contributed by atoms with Crippen LogP contribution in [-0.2, 0) is 5.41 Å². The predicted molar refractivity (Wildman–Crippen MR) is 97.9 cm³/mol. The fraction of sp³-hybridized carbons (Fsp3) is 0.136. The van der Waals surface area contributed by atoms with Crippen molar-refractivity contribution in [3.05, 3.63) is 89.2 Å². The van der Waals surface area contributed by atoms with Gasteiger partial charge in [-0.3, -0.25) is 0 Å². The van der Waals surface area contributed by atoms with Crippen LogP contribution < -0.4 is 4.90 Å². The number of hydrogen-bond donors (Lipinski definition) is 0. The number of hydrogen-bond acceptors (Lipinski definition) is 2. The Bertz CT molecular complexity index is 965. The van der Waals surface area contributed by atoms with Gasteiger partial charge in [-0.15, -0.1) is 0 Å². The van der Waals surface area contributed by atoms with E-state index in [-0.39, 0.29) is 11.0 Å². The third-order valence-electron chi connectivity index (χ3n) is 4.98. The van der Waals surface area contributed by atoms with Crippen LogP contribution in [0.15, 0.2) is 66.7 Å². The molecule has 0 saturated carbocycles. The van der Waals surface area contributed by atoms with Crippen molar-refractivity contribution in [1.82, 2.24) is 0 Å². The summed E-state index contributed by atoms with van der Waals surface area (Å²) in [6, 6.07) is 23.0. The van der Waals surface area contributed by atoms with Crippen LogP contribution in [0.25, 0.3) is 0 Å². The molecule has 1 heterocycles. The van der Waals surface area contributed by atoms with E-state index < -0.39 is 5.82 Å². The lowest BCUT2D eigenvalue weighted by atomic mass is 9.73. The highest BCUT2D eigenvalue weighted by Crippen LogP contribution is 2.52. The molecule has 0 bridgehead atoms. The summed E-state index contributed by atoms with van der Waals surface area (Å²) >= 11 is 0. The van der Waals surface area contributed by atoms with E-state index in [2.05, 4.69) is 26.0 Å². The lowest BCUT2D eigenvalue weighted by molar-refractivity contribution is 0.621. The van der Waals surface area contributed by atoms with Crippen molar-refractivity contribution in [2.75, 3.05) is 4.90 Å². The highest BCUT2D eigenvalue weighted by atomic mass is 19.1. The maximum absolute atomic E-state index is 14.3. The van der Waals surface area contributed by atoms with Crippen molar-refractivity contribution in [2.45, 2.75) is 19.3 Å². The number of halogens is 1. The number of para-hydroxylation sites is 2. The van der Waals surface area contributed by atoms with Gasteiger partial charge in [0, 0.05) is 5.41 Å². The zero-order valence-electron chi connectivity index (χ0n) is 14.1. The maximum atomic E-state index is 14.3. The molecule has 4 rings (SSSR count). The number of benzene rings is 3. The highest BCUT2D eigenvalue weighted by molar-refractivity contribution is 5.87. The monoisotopic (exact) mass is 328 g/mol. The topological polar surface area (TPSA) is 27.0 Å². The van der Waals surface area contributed by atoms with Gasteiger partial charge in [0.2, 0.25) is 0 Å². The Morgan fingerprint density at radius 3 is 1.88 bits per heavy atom. The third-order valence-corrected chi connectivity index (χ3v) is 4.98. The first-order valence-electron chi connectivity index (χ1n) is 8.23. The van der Waals surface area contributed by atoms with Crippen LogP contribution in [0.3, 0.4) is 0 Å². The van der Waals surface area contributed by atoms with Gasteiger partial charge >= 0.3 is 0 Å². The van der Waals surface area contributed by atoms with E-state index in [1.165, 1.54) is 6.07 Å². The number of fused-ring (bicyclic) bond motifs is 2. The van der Waals surface area contributed by atoms with Crippen LogP contribution in [0.4, 0.5) is 21.5 Å². The standard InChI is InChI=1S/C22H17FN2/c1-22(2)16-8-3-5-11-20(16)25(21-12-6-4-9-17(21)22)19-13-7-10-18(23)15(19)14-24/h3-13H,1-2H3. The Hall–Kier alpha value is -3.12. The first kappa shape index (κ1) is 15.4. The third kappa shape index (κ3) is 2.15. The van der Waals surface area contributed by atoms with Crippen molar-refractivity contribution in [2.24, 2.45) is 0 Å². The second-order valence-corrected chi connectivity index (χ2v) is 6.74. The largest absolute Gasteiger partial charge is 0.308 e. The van der Waals surface area contributed by atoms with Crippen LogP contribution in [0, 0.1) is 17.1 Å². The summed E-state index contributed by atoms with van der Waals surface area (Å²) in [4.78, 5) is 2.00. The number of anilines is 3. The molecule has 3 aromatic rings. The second kappa shape index (κ2) is 5.46. The fourth-order valence-corrected chi connectivity index (χ4v) is 3.74. The van der Waals surface area contributed by atoms with Gasteiger partial charge in [0.1, 0.15) is 17.4 Å². The van der Waals surface area contributed by atoms with Gasteiger partial charge in [-0.25, -0.2) is 4.39 Å². The molecule has 0 aromatic heterocycles. The number of rotatable bonds is 1. The smallest absolute Gasteiger partial charge is 0.143 e. The van der Waals surface area contributed by atoms with Gasteiger partial charge in [-0.2, -0.15) is 5.26 Å². The molecule has 0 fully saturated rings. The zero-order valence-corrected chi connectivity index (χ0v) is 14.1. The van der Waals surface area contributed by atoms with Crippen LogP contribution >= 0.6 is 0 Å². The molecule has 2 nitrogen and oxygen atoms in total. The fourth-order valence-electron chi connectivity index (χ4n) is 3.74. The average Bonchev–Trinajstić information content (AvgIpc) is 2.62. The van der Waals surface area contributed by atoms with Gasteiger partial charge in [0.05, 0.1) is 17.1 Å². The molecule has 3 aromatic carbocycles. The first-order chi connectivity index (χ1) is 12.1. The van der Waals surface area contributed by atoms with Gasteiger partial charge < -0.3 is 4.90 Å². The van der Waals surface area contributed by atoms with Gasteiger partial charge in [-0.05, 0) is 35.4 Å². The van der Waals surface area contributed by atoms with Crippen LogP contribution in [0.5, 0.6) is 0 Å². The van der Waals surface area contributed by atoms with E-state index >= 15 is 0 Å². The SMILES string of the molecule is CC1(C)c2ccccc2N(c2cccc(F)c2C#N)c2ccccc21. The quantitative estimate of drug-likeness (QED) is 0.564. The molecule has 0 spiro atoms. The summed E-state index contributed by atoms with van der Waals surface area (Å²) in [6.45, 7) is 4.39. The minimum atomic E-state index is -0.500. The molecule has 25 heavy (non-hydrogen) atoms. The molecule has 0 radical (unpaired) electrons.